The third-order valence-corrected chi connectivity index (χ3v) is 4.43. The SMILES string of the molecule is COc1cccc(C(NCc2cccnc2)C(=O)NCc2cccnc2)c1OC. The Morgan fingerprint density at radius 3 is 2.21 bits per heavy atom. The monoisotopic (exact) mass is 392 g/mol. The fraction of sp³-hybridized carbons (Fsp3) is 0.227. The Labute approximate surface area is 170 Å². The summed E-state index contributed by atoms with van der Waals surface area (Å²) in [5.74, 6) is 0.915. The highest BCUT2D eigenvalue weighted by atomic mass is 16.5. The quantitative estimate of drug-likeness (QED) is 0.582. The van der Waals surface area contributed by atoms with Crippen LogP contribution in [0.1, 0.15) is 22.7 Å². The number of carbonyl (C=O) groups is 1. The van der Waals surface area contributed by atoms with Gasteiger partial charge in [0.15, 0.2) is 11.5 Å². The van der Waals surface area contributed by atoms with Crippen molar-refractivity contribution in [3.8, 4) is 11.5 Å². The number of benzene rings is 1. The van der Waals surface area contributed by atoms with Gasteiger partial charge in [0.05, 0.1) is 14.2 Å². The summed E-state index contributed by atoms with van der Waals surface area (Å²) in [6.45, 7) is 0.850. The fourth-order valence-electron chi connectivity index (χ4n) is 3.00. The van der Waals surface area contributed by atoms with Crippen LogP contribution in [-0.4, -0.2) is 30.1 Å². The average molecular weight is 392 g/mol. The van der Waals surface area contributed by atoms with E-state index < -0.39 is 6.04 Å². The van der Waals surface area contributed by atoms with E-state index in [2.05, 4.69) is 20.6 Å². The second-order valence-electron chi connectivity index (χ2n) is 6.34. The molecule has 0 aliphatic heterocycles. The van der Waals surface area contributed by atoms with Crippen LogP contribution in [0.15, 0.2) is 67.3 Å². The van der Waals surface area contributed by atoms with Crippen LogP contribution >= 0.6 is 0 Å². The van der Waals surface area contributed by atoms with Crippen molar-refractivity contribution < 1.29 is 14.3 Å². The third-order valence-electron chi connectivity index (χ3n) is 4.43. The van der Waals surface area contributed by atoms with Gasteiger partial charge >= 0.3 is 0 Å². The van der Waals surface area contributed by atoms with Crippen LogP contribution in [0.2, 0.25) is 0 Å². The predicted molar refractivity (Wildman–Crippen MR) is 109 cm³/mol. The molecule has 0 saturated heterocycles. The standard InChI is InChI=1S/C22H24N4O3/c1-28-19-9-3-8-18(21(19)29-2)20(25-14-16-6-4-10-23-12-16)22(27)26-15-17-7-5-11-24-13-17/h3-13,20,25H,14-15H2,1-2H3,(H,26,27). The van der Waals surface area contributed by atoms with Crippen molar-refractivity contribution in [2.45, 2.75) is 19.1 Å². The smallest absolute Gasteiger partial charge is 0.242 e. The van der Waals surface area contributed by atoms with Gasteiger partial charge in [-0.05, 0) is 29.3 Å². The molecule has 29 heavy (non-hydrogen) atoms. The molecule has 2 aromatic heterocycles. The summed E-state index contributed by atoms with van der Waals surface area (Å²) < 4.78 is 10.9. The third kappa shape index (κ3) is 5.30. The van der Waals surface area contributed by atoms with Gasteiger partial charge in [-0.1, -0.05) is 24.3 Å². The first kappa shape index (κ1) is 20.3. The maximum atomic E-state index is 13.1. The van der Waals surface area contributed by atoms with Crippen LogP contribution in [0.4, 0.5) is 0 Å². The molecule has 0 aliphatic rings. The maximum absolute atomic E-state index is 13.1. The summed E-state index contributed by atoms with van der Waals surface area (Å²) in [4.78, 5) is 21.3. The van der Waals surface area contributed by atoms with Crippen LogP contribution in [-0.2, 0) is 17.9 Å². The van der Waals surface area contributed by atoms with Crippen molar-refractivity contribution in [2.24, 2.45) is 0 Å². The molecule has 2 heterocycles. The lowest BCUT2D eigenvalue weighted by molar-refractivity contribution is -0.123. The second kappa shape index (κ2) is 10.2. The Morgan fingerprint density at radius 2 is 1.62 bits per heavy atom. The van der Waals surface area contributed by atoms with E-state index in [9.17, 15) is 4.79 Å². The number of ether oxygens (including phenoxy) is 2. The lowest BCUT2D eigenvalue weighted by atomic mass is 10.0. The Kier molecular flexibility index (Phi) is 7.13. The zero-order chi connectivity index (χ0) is 20.5. The molecular formula is C22H24N4O3. The Hall–Kier alpha value is -3.45. The van der Waals surface area contributed by atoms with E-state index in [1.807, 2.05) is 36.4 Å². The van der Waals surface area contributed by atoms with E-state index in [1.54, 1.807) is 45.1 Å². The predicted octanol–water partition coefficient (Wildman–Crippen LogP) is 2.64. The molecule has 3 aromatic rings. The lowest BCUT2D eigenvalue weighted by Gasteiger charge is -2.22. The molecule has 0 radical (unpaired) electrons. The molecule has 1 amide bonds. The van der Waals surface area contributed by atoms with E-state index in [0.717, 1.165) is 11.1 Å². The molecular weight excluding hydrogens is 368 g/mol. The van der Waals surface area contributed by atoms with Crippen LogP contribution in [0, 0.1) is 0 Å². The van der Waals surface area contributed by atoms with Crippen LogP contribution in [0.3, 0.4) is 0 Å². The number of rotatable bonds is 9. The van der Waals surface area contributed by atoms with Gasteiger partial charge in [-0.2, -0.15) is 0 Å². The largest absolute Gasteiger partial charge is 0.493 e. The van der Waals surface area contributed by atoms with Crippen molar-refractivity contribution in [1.82, 2.24) is 20.6 Å². The van der Waals surface area contributed by atoms with Gasteiger partial charge < -0.3 is 14.8 Å². The summed E-state index contributed by atoms with van der Waals surface area (Å²) in [5.41, 5.74) is 2.59. The van der Waals surface area contributed by atoms with E-state index in [-0.39, 0.29) is 5.91 Å². The number of pyridine rings is 2. The molecule has 1 unspecified atom stereocenters. The van der Waals surface area contributed by atoms with Crippen LogP contribution in [0.25, 0.3) is 0 Å². The summed E-state index contributed by atoms with van der Waals surface area (Å²) in [7, 11) is 3.13. The Balaban J connectivity index is 1.84. The summed E-state index contributed by atoms with van der Waals surface area (Å²) in [6, 6.07) is 12.4. The van der Waals surface area contributed by atoms with Crippen molar-refractivity contribution in [3.05, 3.63) is 83.9 Å². The number of hydrogen-bond acceptors (Lipinski definition) is 6. The summed E-state index contributed by atoms with van der Waals surface area (Å²) in [6.07, 6.45) is 6.91. The average Bonchev–Trinajstić information content (AvgIpc) is 2.79. The van der Waals surface area contributed by atoms with Gasteiger partial charge in [0.2, 0.25) is 5.91 Å². The fourth-order valence-corrected chi connectivity index (χ4v) is 3.00. The highest BCUT2D eigenvalue weighted by Gasteiger charge is 2.25. The molecule has 0 fully saturated rings. The lowest BCUT2D eigenvalue weighted by Crippen LogP contribution is -2.37. The van der Waals surface area contributed by atoms with Crippen LogP contribution < -0.4 is 20.1 Å². The number of nitrogens with one attached hydrogen (secondary N) is 2. The molecule has 1 atom stereocenters. The number of aromatic nitrogens is 2. The first-order valence-corrected chi connectivity index (χ1v) is 9.22. The Bertz CT molecular complexity index is 920. The van der Waals surface area contributed by atoms with Gasteiger partial charge in [-0.3, -0.25) is 20.1 Å². The molecule has 0 spiro atoms. The van der Waals surface area contributed by atoms with Crippen molar-refractivity contribution in [3.63, 3.8) is 0 Å². The Morgan fingerprint density at radius 1 is 0.931 bits per heavy atom. The molecule has 3 rings (SSSR count). The minimum atomic E-state index is -0.642. The molecule has 7 nitrogen and oxygen atoms in total. The molecule has 0 saturated carbocycles. The molecule has 0 bridgehead atoms. The highest BCUT2D eigenvalue weighted by Crippen LogP contribution is 2.34. The van der Waals surface area contributed by atoms with E-state index in [1.165, 1.54) is 0 Å². The number of hydrogen-bond donors (Lipinski definition) is 2. The van der Waals surface area contributed by atoms with Crippen molar-refractivity contribution >= 4 is 5.91 Å². The molecule has 2 N–H and O–H groups in total. The topological polar surface area (TPSA) is 85.4 Å². The molecule has 150 valence electrons. The normalized spacial score (nSPS) is 11.5. The first-order valence-electron chi connectivity index (χ1n) is 9.22. The number of methoxy groups -OCH3 is 2. The van der Waals surface area contributed by atoms with E-state index in [4.69, 9.17) is 9.47 Å². The van der Waals surface area contributed by atoms with Crippen LogP contribution in [0.5, 0.6) is 11.5 Å². The number of para-hydroxylation sites is 1. The van der Waals surface area contributed by atoms with E-state index in [0.29, 0.717) is 30.2 Å². The first-order chi connectivity index (χ1) is 14.2. The minimum Gasteiger partial charge on any atom is -0.493 e. The number of nitrogens with zero attached hydrogens (tertiary/aromatic N) is 2. The number of carbonyl (C=O) groups excluding carboxylic acids is 1. The minimum absolute atomic E-state index is 0.177. The summed E-state index contributed by atoms with van der Waals surface area (Å²) in [5, 5.41) is 6.28. The van der Waals surface area contributed by atoms with Gasteiger partial charge in [-0.25, -0.2) is 0 Å². The zero-order valence-electron chi connectivity index (χ0n) is 16.5. The summed E-state index contributed by atoms with van der Waals surface area (Å²) >= 11 is 0. The van der Waals surface area contributed by atoms with Gasteiger partial charge in [0, 0.05) is 43.4 Å². The maximum Gasteiger partial charge on any atom is 0.242 e. The van der Waals surface area contributed by atoms with Crippen molar-refractivity contribution in [2.75, 3.05) is 14.2 Å². The van der Waals surface area contributed by atoms with Gasteiger partial charge in [0.1, 0.15) is 6.04 Å². The molecule has 7 heteroatoms. The van der Waals surface area contributed by atoms with E-state index >= 15 is 0 Å². The molecule has 0 aliphatic carbocycles. The second-order valence-corrected chi connectivity index (χ2v) is 6.34. The van der Waals surface area contributed by atoms with Gasteiger partial charge in [0.25, 0.3) is 0 Å². The zero-order valence-corrected chi connectivity index (χ0v) is 16.5. The number of amides is 1. The van der Waals surface area contributed by atoms with Gasteiger partial charge in [-0.15, -0.1) is 0 Å². The highest BCUT2D eigenvalue weighted by molar-refractivity contribution is 5.84. The van der Waals surface area contributed by atoms with Crippen molar-refractivity contribution in [1.29, 1.82) is 0 Å². The molecule has 1 aromatic carbocycles.